The minimum atomic E-state index is -0.757. The monoisotopic (exact) mass is 453 g/mol. The van der Waals surface area contributed by atoms with Crippen molar-refractivity contribution < 1.29 is 28.5 Å². The summed E-state index contributed by atoms with van der Waals surface area (Å²) in [5.74, 6) is 0.903. The van der Waals surface area contributed by atoms with Crippen molar-refractivity contribution in [2.75, 3.05) is 13.1 Å². The number of fused-ring (bicyclic) bond motifs is 2. The van der Waals surface area contributed by atoms with E-state index in [0.29, 0.717) is 44.5 Å². The second-order valence-electron chi connectivity index (χ2n) is 9.11. The number of hydrogen-bond donors (Lipinski definition) is 2. The Hall–Kier alpha value is -1.53. The van der Waals surface area contributed by atoms with E-state index in [-0.39, 0.29) is 29.3 Å². The fourth-order valence-corrected chi connectivity index (χ4v) is 5.10. The van der Waals surface area contributed by atoms with Crippen LogP contribution in [0.4, 0.5) is 8.78 Å². The zero-order valence-electron chi connectivity index (χ0n) is 17.6. The van der Waals surface area contributed by atoms with E-state index < -0.39 is 12.2 Å². The Morgan fingerprint density at radius 2 is 1.84 bits per heavy atom. The molecular formula is C23H30F2NO4P. The fraction of sp³-hybridized carbons (Fsp3) is 0.565. The molecule has 1 saturated heterocycles. The molecule has 170 valence electrons. The molecule has 0 bridgehead atoms. The van der Waals surface area contributed by atoms with Gasteiger partial charge in [0.25, 0.3) is 0 Å². The molecule has 0 radical (unpaired) electrons. The zero-order valence-corrected chi connectivity index (χ0v) is 18.8. The van der Waals surface area contributed by atoms with E-state index in [9.17, 15) is 19.0 Å². The van der Waals surface area contributed by atoms with Gasteiger partial charge in [0.2, 0.25) is 0 Å². The van der Waals surface area contributed by atoms with E-state index in [4.69, 9.17) is 9.47 Å². The Labute approximate surface area is 184 Å². The molecule has 2 unspecified atom stereocenters. The largest absolute Gasteiger partial charge is 0.491 e. The van der Waals surface area contributed by atoms with Crippen LogP contribution in [0, 0.1) is 11.2 Å². The quantitative estimate of drug-likeness (QED) is 0.644. The average Bonchev–Trinajstić information content (AvgIpc) is 2.72. The molecule has 1 aromatic rings. The number of hydrogen-bond acceptors (Lipinski definition) is 5. The van der Waals surface area contributed by atoms with E-state index in [1.807, 2.05) is 6.92 Å². The van der Waals surface area contributed by atoms with Crippen molar-refractivity contribution in [1.29, 1.82) is 0 Å². The summed E-state index contributed by atoms with van der Waals surface area (Å²) in [6.45, 7) is 2.59. The van der Waals surface area contributed by atoms with Crippen molar-refractivity contribution in [1.82, 2.24) is 4.67 Å². The van der Waals surface area contributed by atoms with Gasteiger partial charge in [-0.3, -0.25) is 4.67 Å². The Kier molecular flexibility index (Phi) is 6.68. The van der Waals surface area contributed by atoms with Crippen molar-refractivity contribution >= 4 is 9.39 Å². The molecule has 6 atom stereocenters. The summed E-state index contributed by atoms with van der Waals surface area (Å²) < 4.78 is 40.7. The first kappa shape index (κ1) is 22.7. The number of benzene rings is 1. The van der Waals surface area contributed by atoms with Crippen LogP contribution in [0.1, 0.15) is 38.2 Å². The summed E-state index contributed by atoms with van der Waals surface area (Å²) in [7, 11) is 2.54. The van der Waals surface area contributed by atoms with E-state index in [1.165, 1.54) is 18.2 Å². The Morgan fingerprint density at radius 3 is 2.58 bits per heavy atom. The molecule has 0 saturated carbocycles. The standard InChI is InChI=1S/C23H30F2NO4P/c1-23-9-8-21(30-22(23)7-4-16(25)11-23)18(28)13-26(31)12-17(27)20-5-2-14-10-15(24)3-6-19(14)29-20/h3-4,6-7,10,17-18,20-21,27-28H,2,5,8-9,11-13,31H2,1H3/t17-,18-,20-,21+,23?/m1/s1. The minimum Gasteiger partial charge on any atom is -0.491 e. The minimum absolute atomic E-state index is 0.142. The summed E-state index contributed by atoms with van der Waals surface area (Å²) >= 11 is 0. The number of ether oxygens (including phenoxy) is 2. The molecule has 8 heteroatoms. The number of aliphatic hydroxyl groups is 2. The Bertz CT molecular complexity index is 879. The van der Waals surface area contributed by atoms with Crippen molar-refractivity contribution in [3.63, 3.8) is 0 Å². The van der Waals surface area contributed by atoms with Crippen molar-refractivity contribution in [3.8, 4) is 5.75 Å². The molecule has 1 aliphatic carbocycles. The molecule has 2 aliphatic heterocycles. The lowest BCUT2D eigenvalue weighted by Crippen LogP contribution is -2.46. The first-order valence-electron chi connectivity index (χ1n) is 10.8. The highest BCUT2D eigenvalue weighted by molar-refractivity contribution is 7.13. The van der Waals surface area contributed by atoms with Gasteiger partial charge in [0.15, 0.2) is 0 Å². The lowest BCUT2D eigenvalue weighted by Gasteiger charge is -2.43. The van der Waals surface area contributed by atoms with Crippen LogP contribution in [0.25, 0.3) is 0 Å². The van der Waals surface area contributed by atoms with Crippen LogP contribution in [-0.4, -0.2) is 52.4 Å². The summed E-state index contributed by atoms with van der Waals surface area (Å²) in [5.41, 5.74) is 0.471. The van der Waals surface area contributed by atoms with Crippen LogP contribution >= 0.6 is 9.39 Å². The number of aryl methyl sites for hydroxylation is 1. The van der Waals surface area contributed by atoms with Gasteiger partial charge >= 0.3 is 0 Å². The zero-order chi connectivity index (χ0) is 22.2. The molecule has 3 aliphatic rings. The van der Waals surface area contributed by atoms with Gasteiger partial charge in [-0.15, -0.1) is 0 Å². The second kappa shape index (κ2) is 9.14. The second-order valence-corrected chi connectivity index (χ2v) is 9.84. The van der Waals surface area contributed by atoms with Crippen LogP contribution in [0.15, 0.2) is 41.9 Å². The molecule has 0 amide bonds. The molecular weight excluding hydrogens is 423 g/mol. The summed E-state index contributed by atoms with van der Waals surface area (Å²) in [6.07, 6.45) is 3.80. The van der Waals surface area contributed by atoms with E-state index in [1.54, 1.807) is 16.8 Å². The lowest BCUT2D eigenvalue weighted by molar-refractivity contribution is -0.0689. The van der Waals surface area contributed by atoms with Crippen LogP contribution in [0.5, 0.6) is 5.75 Å². The van der Waals surface area contributed by atoms with Gasteiger partial charge in [-0.1, -0.05) is 16.3 Å². The first-order chi connectivity index (χ1) is 14.7. The SMILES string of the molecule is CC12CC[C@@H]([C@H](O)CN(P)C[C@@H](O)[C@H]3CCc4cc(F)ccc4O3)OC1=CC=C(F)C2. The number of nitrogens with zero attached hydrogens (tertiary/aromatic N) is 1. The highest BCUT2D eigenvalue weighted by Gasteiger charge is 2.41. The van der Waals surface area contributed by atoms with Gasteiger partial charge in [-0.25, -0.2) is 8.78 Å². The molecule has 4 rings (SSSR count). The van der Waals surface area contributed by atoms with Crippen molar-refractivity contribution in [3.05, 3.63) is 53.3 Å². The Morgan fingerprint density at radius 1 is 1.13 bits per heavy atom. The van der Waals surface area contributed by atoms with Gasteiger partial charge in [0, 0.05) is 24.9 Å². The molecule has 31 heavy (non-hydrogen) atoms. The molecule has 2 N–H and O–H groups in total. The number of aliphatic hydroxyl groups excluding tert-OH is 2. The topological polar surface area (TPSA) is 62.2 Å². The molecule has 2 heterocycles. The highest BCUT2D eigenvalue weighted by atomic mass is 31.0. The summed E-state index contributed by atoms with van der Waals surface area (Å²) in [6, 6.07) is 4.42. The van der Waals surface area contributed by atoms with Gasteiger partial charge < -0.3 is 19.7 Å². The van der Waals surface area contributed by atoms with E-state index in [0.717, 1.165) is 17.7 Å². The van der Waals surface area contributed by atoms with Crippen LogP contribution in [-0.2, 0) is 11.2 Å². The molecule has 5 nitrogen and oxygen atoms in total. The Balaban J connectivity index is 1.29. The smallest absolute Gasteiger partial charge is 0.126 e. The summed E-state index contributed by atoms with van der Waals surface area (Å²) in [4.78, 5) is 0. The number of allylic oxidation sites excluding steroid dienone is 4. The predicted molar refractivity (Wildman–Crippen MR) is 117 cm³/mol. The van der Waals surface area contributed by atoms with E-state index >= 15 is 0 Å². The summed E-state index contributed by atoms with van der Waals surface area (Å²) in [5, 5.41) is 21.3. The molecule has 0 aromatic heterocycles. The van der Waals surface area contributed by atoms with Crippen molar-refractivity contribution in [2.45, 2.75) is 63.4 Å². The third kappa shape index (κ3) is 5.11. The number of rotatable bonds is 6. The molecule has 1 fully saturated rings. The van der Waals surface area contributed by atoms with Gasteiger partial charge in [0.1, 0.15) is 47.6 Å². The normalized spacial score (nSPS) is 29.6. The predicted octanol–water partition coefficient (Wildman–Crippen LogP) is 3.66. The van der Waals surface area contributed by atoms with Crippen molar-refractivity contribution in [2.24, 2.45) is 5.41 Å². The van der Waals surface area contributed by atoms with Crippen LogP contribution < -0.4 is 4.74 Å². The third-order valence-corrected chi connectivity index (χ3v) is 6.95. The van der Waals surface area contributed by atoms with Gasteiger partial charge in [-0.05, 0) is 61.6 Å². The fourth-order valence-electron chi connectivity index (χ4n) is 4.67. The average molecular weight is 453 g/mol. The molecule has 0 spiro atoms. The third-order valence-electron chi connectivity index (χ3n) is 6.53. The van der Waals surface area contributed by atoms with Crippen LogP contribution in [0.3, 0.4) is 0 Å². The maximum atomic E-state index is 13.7. The highest BCUT2D eigenvalue weighted by Crippen LogP contribution is 2.47. The lowest BCUT2D eigenvalue weighted by atomic mass is 9.74. The maximum absolute atomic E-state index is 13.7. The molecule has 1 aromatic carbocycles. The number of halogens is 2. The van der Waals surface area contributed by atoms with Crippen LogP contribution in [0.2, 0.25) is 0 Å². The maximum Gasteiger partial charge on any atom is 0.126 e. The first-order valence-corrected chi connectivity index (χ1v) is 11.3. The van der Waals surface area contributed by atoms with Gasteiger partial charge in [0.05, 0.1) is 0 Å². The van der Waals surface area contributed by atoms with Gasteiger partial charge in [-0.2, -0.15) is 0 Å². The van der Waals surface area contributed by atoms with E-state index in [2.05, 4.69) is 9.39 Å².